The number of para-hydroxylation sites is 1. The van der Waals surface area contributed by atoms with Gasteiger partial charge in [-0.05, 0) is 47.9 Å². The van der Waals surface area contributed by atoms with Crippen LogP contribution >= 0.6 is 0 Å². The van der Waals surface area contributed by atoms with Crippen LogP contribution in [0.15, 0.2) is 67.0 Å². The standard InChI is InChI=1S/C22H19F2N3O/c23-18-8-7-16(12-19(18)24)22(28)26-14-21(17-5-3-10-25-13-17)27-11-9-15-4-1-2-6-20(15)27/h1-8,10,12-13,21H,9,11,14H2,(H,26,28)/t21-/m1/s1. The Morgan fingerprint density at radius 2 is 1.96 bits per heavy atom. The molecule has 1 N–H and O–H groups in total. The van der Waals surface area contributed by atoms with Crippen LogP contribution in [0.4, 0.5) is 14.5 Å². The molecule has 1 amide bonds. The Labute approximate surface area is 161 Å². The number of aromatic nitrogens is 1. The van der Waals surface area contributed by atoms with Crippen molar-refractivity contribution in [3.8, 4) is 0 Å². The maximum absolute atomic E-state index is 13.4. The molecule has 0 radical (unpaired) electrons. The maximum Gasteiger partial charge on any atom is 0.251 e. The van der Waals surface area contributed by atoms with Gasteiger partial charge in [0, 0.05) is 36.7 Å². The summed E-state index contributed by atoms with van der Waals surface area (Å²) in [4.78, 5) is 18.9. The molecule has 1 aromatic heterocycles. The number of fused-ring (bicyclic) bond motifs is 1. The molecule has 1 aliphatic heterocycles. The van der Waals surface area contributed by atoms with Crippen molar-refractivity contribution in [1.29, 1.82) is 0 Å². The second-order valence-corrected chi connectivity index (χ2v) is 6.71. The average molecular weight is 379 g/mol. The number of amides is 1. The van der Waals surface area contributed by atoms with Gasteiger partial charge < -0.3 is 10.2 Å². The molecular formula is C22H19F2N3O. The number of hydrogen-bond acceptors (Lipinski definition) is 3. The van der Waals surface area contributed by atoms with E-state index in [1.807, 2.05) is 24.3 Å². The summed E-state index contributed by atoms with van der Waals surface area (Å²) in [6, 6.07) is 15.1. The highest BCUT2D eigenvalue weighted by molar-refractivity contribution is 5.94. The fourth-order valence-electron chi connectivity index (χ4n) is 3.60. The van der Waals surface area contributed by atoms with Gasteiger partial charge in [0.1, 0.15) is 0 Å². The zero-order valence-electron chi connectivity index (χ0n) is 15.1. The third-order valence-corrected chi connectivity index (χ3v) is 5.01. The Morgan fingerprint density at radius 1 is 1.11 bits per heavy atom. The summed E-state index contributed by atoms with van der Waals surface area (Å²) in [7, 11) is 0. The van der Waals surface area contributed by atoms with E-state index in [2.05, 4.69) is 27.3 Å². The van der Waals surface area contributed by atoms with E-state index in [9.17, 15) is 13.6 Å². The topological polar surface area (TPSA) is 45.2 Å². The van der Waals surface area contributed by atoms with Crippen LogP contribution in [0.5, 0.6) is 0 Å². The number of hydrogen-bond donors (Lipinski definition) is 1. The Bertz CT molecular complexity index is 994. The van der Waals surface area contributed by atoms with E-state index in [1.54, 1.807) is 12.4 Å². The molecule has 28 heavy (non-hydrogen) atoms. The molecule has 2 heterocycles. The zero-order valence-corrected chi connectivity index (χ0v) is 15.1. The minimum absolute atomic E-state index is 0.0886. The van der Waals surface area contributed by atoms with Crippen LogP contribution < -0.4 is 10.2 Å². The monoisotopic (exact) mass is 379 g/mol. The lowest BCUT2D eigenvalue weighted by Gasteiger charge is -2.31. The van der Waals surface area contributed by atoms with Gasteiger partial charge in [0.25, 0.3) is 5.91 Å². The van der Waals surface area contributed by atoms with Gasteiger partial charge in [0.05, 0.1) is 6.04 Å². The molecule has 4 rings (SSSR count). The number of anilines is 1. The van der Waals surface area contributed by atoms with E-state index < -0.39 is 17.5 Å². The van der Waals surface area contributed by atoms with E-state index >= 15 is 0 Å². The number of nitrogens with zero attached hydrogens (tertiary/aromatic N) is 2. The Hall–Kier alpha value is -3.28. The summed E-state index contributed by atoms with van der Waals surface area (Å²) in [6.45, 7) is 1.15. The van der Waals surface area contributed by atoms with Gasteiger partial charge in [-0.25, -0.2) is 8.78 Å². The van der Waals surface area contributed by atoms with Gasteiger partial charge in [0.15, 0.2) is 11.6 Å². The number of halogens is 2. The van der Waals surface area contributed by atoms with E-state index in [0.717, 1.165) is 36.3 Å². The largest absolute Gasteiger partial charge is 0.362 e. The molecule has 6 heteroatoms. The maximum atomic E-state index is 13.4. The lowest BCUT2D eigenvalue weighted by Crippen LogP contribution is -2.37. The van der Waals surface area contributed by atoms with E-state index in [0.29, 0.717) is 6.54 Å². The molecule has 2 aromatic carbocycles. The van der Waals surface area contributed by atoms with Crippen LogP contribution in [0.1, 0.15) is 27.5 Å². The van der Waals surface area contributed by atoms with Gasteiger partial charge >= 0.3 is 0 Å². The van der Waals surface area contributed by atoms with Gasteiger partial charge in [-0.3, -0.25) is 9.78 Å². The van der Waals surface area contributed by atoms with Crippen molar-refractivity contribution in [2.45, 2.75) is 12.5 Å². The van der Waals surface area contributed by atoms with E-state index in [-0.39, 0.29) is 11.6 Å². The molecule has 0 bridgehead atoms. The summed E-state index contributed by atoms with van der Waals surface area (Å²) < 4.78 is 26.6. The quantitative estimate of drug-likeness (QED) is 0.732. The highest BCUT2D eigenvalue weighted by Crippen LogP contribution is 2.34. The van der Waals surface area contributed by atoms with Gasteiger partial charge in [-0.2, -0.15) is 0 Å². The normalized spacial score (nSPS) is 13.9. The van der Waals surface area contributed by atoms with Crippen LogP contribution in [0, 0.1) is 11.6 Å². The summed E-state index contributed by atoms with van der Waals surface area (Å²) in [5.74, 6) is -2.45. The molecule has 0 saturated heterocycles. The SMILES string of the molecule is O=C(NC[C@H](c1cccnc1)N1CCc2ccccc21)c1ccc(F)c(F)c1. The van der Waals surface area contributed by atoms with Crippen molar-refractivity contribution in [2.24, 2.45) is 0 Å². The zero-order chi connectivity index (χ0) is 19.5. The van der Waals surface area contributed by atoms with Crippen molar-refractivity contribution < 1.29 is 13.6 Å². The predicted octanol–water partition coefficient (Wildman–Crippen LogP) is 3.89. The molecule has 0 spiro atoms. The van der Waals surface area contributed by atoms with Crippen LogP contribution in [0.2, 0.25) is 0 Å². The molecule has 0 fully saturated rings. The molecule has 0 unspecified atom stereocenters. The number of carbonyl (C=O) groups excluding carboxylic acids is 1. The Balaban J connectivity index is 1.57. The summed E-state index contributed by atoms with van der Waals surface area (Å²) in [6.07, 6.45) is 4.43. The third-order valence-electron chi connectivity index (χ3n) is 5.01. The Kier molecular flexibility index (Phi) is 5.02. The molecule has 0 saturated carbocycles. The predicted molar refractivity (Wildman–Crippen MR) is 103 cm³/mol. The highest BCUT2D eigenvalue weighted by atomic mass is 19.2. The van der Waals surface area contributed by atoms with Crippen LogP contribution in [0.25, 0.3) is 0 Å². The number of nitrogens with one attached hydrogen (secondary N) is 1. The highest BCUT2D eigenvalue weighted by Gasteiger charge is 2.27. The van der Waals surface area contributed by atoms with Crippen molar-refractivity contribution in [1.82, 2.24) is 10.3 Å². The van der Waals surface area contributed by atoms with E-state index in [1.165, 1.54) is 11.6 Å². The fraction of sp³-hybridized carbons (Fsp3) is 0.182. The summed E-state index contributed by atoms with van der Waals surface area (Å²) in [5, 5.41) is 2.85. The van der Waals surface area contributed by atoms with Gasteiger partial charge in [-0.15, -0.1) is 0 Å². The lowest BCUT2D eigenvalue weighted by atomic mass is 10.1. The smallest absolute Gasteiger partial charge is 0.251 e. The average Bonchev–Trinajstić information content (AvgIpc) is 3.15. The van der Waals surface area contributed by atoms with Crippen LogP contribution in [-0.2, 0) is 6.42 Å². The molecule has 4 nitrogen and oxygen atoms in total. The van der Waals surface area contributed by atoms with E-state index in [4.69, 9.17) is 0 Å². The number of carbonyl (C=O) groups is 1. The number of pyridine rings is 1. The first-order valence-electron chi connectivity index (χ1n) is 9.11. The van der Waals surface area contributed by atoms with Crippen molar-refractivity contribution in [3.63, 3.8) is 0 Å². The molecule has 1 aliphatic rings. The minimum atomic E-state index is -1.04. The first-order valence-corrected chi connectivity index (χ1v) is 9.11. The van der Waals surface area contributed by atoms with Gasteiger partial charge in [0.2, 0.25) is 0 Å². The van der Waals surface area contributed by atoms with Crippen LogP contribution in [0.3, 0.4) is 0 Å². The minimum Gasteiger partial charge on any atom is -0.362 e. The van der Waals surface area contributed by atoms with Crippen molar-refractivity contribution >= 4 is 11.6 Å². The number of benzene rings is 2. The second-order valence-electron chi connectivity index (χ2n) is 6.71. The third kappa shape index (κ3) is 3.58. The van der Waals surface area contributed by atoms with Crippen molar-refractivity contribution in [3.05, 3.63) is 95.3 Å². The first-order chi connectivity index (χ1) is 13.6. The first kappa shape index (κ1) is 18.1. The molecule has 142 valence electrons. The van der Waals surface area contributed by atoms with Gasteiger partial charge in [-0.1, -0.05) is 24.3 Å². The van der Waals surface area contributed by atoms with Crippen molar-refractivity contribution in [2.75, 3.05) is 18.0 Å². The fourth-order valence-corrected chi connectivity index (χ4v) is 3.60. The lowest BCUT2D eigenvalue weighted by molar-refractivity contribution is 0.0950. The Morgan fingerprint density at radius 3 is 2.75 bits per heavy atom. The molecule has 1 atom stereocenters. The molecule has 0 aliphatic carbocycles. The van der Waals surface area contributed by atoms with Crippen LogP contribution in [-0.4, -0.2) is 24.0 Å². The summed E-state index contributed by atoms with van der Waals surface area (Å²) >= 11 is 0. The second kappa shape index (κ2) is 7.76. The number of rotatable bonds is 5. The summed E-state index contributed by atoms with van der Waals surface area (Å²) in [5.41, 5.74) is 3.47. The molecular weight excluding hydrogens is 360 g/mol. The molecule has 3 aromatic rings.